The quantitative estimate of drug-likeness (QED) is 0.850. The van der Waals surface area contributed by atoms with Crippen LogP contribution in [-0.2, 0) is 19.9 Å². The molecule has 6 nitrogen and oxygen atoms in total. The van der Waals surface area contributed by atoms with Gasteiger partial charge in [0.05, 0.1) is 17.4 Å². The third kappa shape index (κ3) is 2.27. The molecule has 0 unspecified atom stereocenters. The summed E-state index contributed by atoms with van der Waals surface area (Å²) in [5.41, 5.74) is 5.03. The largest absolute Gasteiger partial charge is 0.361 e. The number of carbonyl (C=O) groups excluding carboxylic acids is 1. The number of hydrogen-bond donors (Lipinski definition) is 0. The van der Waals surface area contributed by atoms with Crippen molar-refractivity contribution < 1.29 is 9.32 Å². The fraction of sp³-hybridized carbons (Fsp3) is 0.611. The van der Waals surface area contributed by atoms with E-state index >= 15 is 0 Å². The van der Waals surface area contributed by atoms with E-state index in [-0.39, 0.29) is 11.9 Å². The van der Waals surface area contributed by atoms with Crippen molar-refractivity contribution in [2.24, 2.45) is 7.05 Å². The van der Waals surface area contributed by atoms with Gasteiger partial charge in [0.25, 0.3) is 5.91 Å². The number of fused-ring (bicyclic) bond motifs is 1. The normalized spacial score (nSPS) is 20.5. The minimum atomic E-state index is 0.0675. The lowest BCUT2D eigenvalue weighted by molar-refractivity contribution is 0.0722. The Balaban J connectivity index is 1.71. The minimum Gasteiger partial charge on any atom is -0.361 e. The van der Waals surface area contributed by atoms with Gasteiger partial charge in [0.2, 0.25) is 0 Å². The fourth-order valence-electron chi connectivity index (χ4n) is 4.36. The molecule has 1 atom stereocenters. The van der Waals surface area contributed by atoms with Gasteiger partial charge in [0, 0.05) is 24.7 Å². The molecule has 1 fully saturated rings. The molecular formula is C18H24N4O2. The SMILES string of the molecule is Cc1noc(C)c1[C@@H]1CCCN1C(=O)c1c2c(nn1C)CCCC2. The number of amides is 1. The summed E-state index contributed by atoms with van der Waals surface area (Å²) in [5, 5.41) is 8.68. The highest BCUT2D eigenvalue weighted by Crippen LogP contribution is 2.37. The molecule has 1 saturated heterocycles. The van der Waals surface area contributed by atoms with Crippen molar-refractivity contribution in [3.63, 3.8) is 0 Å². The first-order valence-electron chi connectivity index (χ1n) is 8.86. The van der Waals surface area contributed by atoms with Crippen LogP contribution in [0.3, 0.4) is 0 Å². The molecule has 2 aromatic heterocycles. The standard InChI is InChI=1S/C18H24N4O2/c1-11-16(12(2)24-20-11)15-9-6-10-22(15)18(23)17-13-7-4-5-8-14(13)19-21(17)3/h15H,4-10H2,1-3H3/t15-/m0/s1. The lowest BCUT2D eigenvalue weighted by Gasteiger charge is -2.25. The predicted molar refractivity (Wildman–Crippen MR) is 88.8 cm³/mol. The summed E-state index contributed by atoms with van der Waals surface area (Å²) in [6, 6.07) is 0.0675. The monoisotopic (exact) mass is 328 g/mol. The number of likely N-dealkylation sites (tertiary alicyclic amines) is 1. The van der Waals surface area contributed by atoms with E-state index in [1.54, 1.807) is 4.68 Å². The molecule has 1 aliphatic carbocycles. The maximum absolute atomic E-state index is 13.3. The summed E-state index contributed by atoms with van der Waals surface area (Å²) in [6.07, 6.45) is 6.25. The number of hydrogen-bond acceptors (Lipinski definition) is 4. The van der Waals surface area contributed by atoms with Crippen LogP contribution in [0.15, 0.2) is 4.52 Å². The molecule has 128 valence electrons. The van der Waals surface area contributed by atoms with Crippen molar-refractivity contribution in [2.45, 2.75) is 58.4 Å². The molecule has 3 heterocycles. The number of aryl methyl sites for hydroxylation is 4. The Kier molecular flexibility index (Phi) is 3.70. The van der Waals surface area contributed by atoms with Gasteiger partial charge in [0.15, 0.2) is 0 Å². The highest BCUT2D eigenvalue weighted by Gasteiger charge is 2.37. The van der Waals surface area contributed by atoms with Crippen LogP contribution in [0.5, 0.6) is 0 Å². The third-order valence-electron chi connectivity index (χ3n) is 5.46. The summed E-state index contributed by atoms with van der Waals surface area (Å²) in [6.45, 7) is 4.68. The average Bonchev–Trinajstić information content (AvgIpc) is 3.23. The van der Waals surface area contributed by atoms with Crippen LogP contribution in [-0.4, -0.2) is 32.3 Å². The second-order valence-corrected chi connectivity index (χ2v) is 7.00. The molecule has 1 aliphatic heterocycles. The second-order valence-electron chi connectivity index (χ2n) is 7.00. The molecule has 1 amide bonds. The zero-order chi connectivity index (χ0) is 16.8. The third-order valence-corrected chi connectivity index (χ3v) is 5.46. The van der Waals surface area contributed by atoms with Crippen molar-refractivity contribution >= 4 is 5.91 Å². The molecule has 0 aromatic carbocycles. The molecule has 2 aromatic rings. The highest BCUT2D eigenvalue weighted by molar-refractivity contribution is 5.95. The molecule has 24 heavy (non-hydrogen) atoms. The summed E-state index contributed by atoms with van der Waals surface area (Å²) in [7, 11) is 1.90. The lowest BCUT2D eigenvalue weighted by atomic mass is 9.95. The van der Waals surface area contributed by atoms with E-state index in [9.17, 15) is 4.79 Å². The summed E-state index contributed by atoms with van der Waals surface area (Å²) < 4.78 is 7.13. The molecule has 0 radical (unpaired) electrons. The first kappa shape index (κ1) is 15.4. The van der Waals surface area contributed by atoms with E-state index in [1.807, 2.05) is 25.8 Å². The zero-order valence-electron chi connectivity index (χ0n) is 14.6. The van der Waals surface area contributed by atoms with Crippen LogP contribution >= 0.6 is 0 Å². The van der Waals surface area contributed by atoms with Gasteiger partial charge in [-0.1, -0.05) is 5.16 Å². The Bertz CT molecular complexity index is 770. The number of aromatic nitrogens is 3. The van der Waals surface area contributed by atoms with E-state index in [0.717, 1.165) is 72.6 Å². The number of nitrogens with zero attached hydrogens (tertiary/aromatic N) is 4. The topological polar surface area (TPSA) is 64.2 Å². The van der Waals surface area contributed by atoms with Crippen molar-refractivity contribution in [3.05, 3.63) is 34.0 Å². The molecule has 4 rings (SSSR count). The lowest BCUT2D eigenvalue weighted by Crippen LogP contribution is -2.33. The number of carbonyl (C=O) groups is 1. The Hall–Kier alpha value is -2.11. The van der Waals surface area contributed by atoms with Gasteiger partial charge in [-0.15, -0.1) is 0 Å². The van der Waals surface area contributed by atoms with Gasteiger partial charge in [-0.2, -0.15) is 5.10 Å². The molecule has 2 aliphatic rings. The van der Waals surface area contributed by atoms with E-state index in [4.69, 9.17) is 4.52 Å². The van der Waals surface area contributed by atoms with Crippen molar-refractivity contribution in [2.75, 3.05) is 6.54 Å². The molecule has 6 heteroatoms. The van der Waals surface area contributed by atoms with E-state index in [1.165, 1.54) is 6.42 Å². The summed E-state index contributed by atoms with van der Waals surface area (Å²) in [5.74, 6) is 0.930. The first-order valence-corrected chi connectivity index (χ1v) is 8.86. The van der Waals surface area contributed by atoms with Crippen LogP contribution in [0.1, 0.15) is 70.5 Å². The van der Waals surface area contributed by atoms with E-state index < -0.39 is 0 Å². The van der Waals surface area contributed by atoms with Crippen LogP contribution in [0, 0.1) is 13.8 Å². The van der Waals surface area contributed by atoms with Crippen LogP contribution in [0.25, 0.3) is 0 Å². The first-order chi connectivity index (χ1) is 11.6. The summed E-state index contributed by atoms with van der Waals surface area (Å²) >= 11 is 0. The molecule has 0 N–H and O–H groups in total. The zero-order valence-corrected chi connectivity index (χ0v) is 14.6. The van der Waals surface area contributed by atoms with Gasteiger partial charge >= 0.3 is 0 Å². The van der Waals surface area contributed by atoms with Gasteiger partial charge in [0.1, 0.15) is 11.5 Å². The highest BCUT2D eigenvalue weighted by atomic mass is 16.5. The van der Waals surface area contributed by atoms with Crippen LogP contribution < -0.4 is 0 Å². The molecule has 0 bridgehead atoms. The van der Waals surface area contributed by atoms with Gasteiger partial charge in [-0.3, -0.25) is 9.48 Å². The Morgan fingerprint density at radius 1 is 1.21 bits per heavy atom. The van der Waals surface area contributed by atoms with Gasteiger partial charge < -0.3 is 9.42 Å². The maximum atomic E-state index is 13.3. The van der Waals surface area contributed by atoms with Crippen molar-refractivity contribution in [3.8, 4) is 0 Å². The Labute approximate surface area is 141 Å². The van der Waals surface area contributed by atoms with Crippen LogP contribution in [0.2, 0.25) is 0 Å². The van der Waals surface area contributed by atoms with Crippen molar-refractivity contribution in [1.82, 2.24) is 19.8 Å². The van der Waals surface area contributed by atoms with E-state index in [2.05, 4.69) is 10.3 Å². The maximum Gasteiger partial charge on any atom is 0.272 e. The van der Waals surface area contributed by atoms with Gasteiger partial charge in [-0.05, 0) is 52.4 Å². The Morgan fingerprint density at radius 2 is 2.00 bits per heavy atom. The van der Waals surface area contributed by atoms with Crippen molar-refractivity contribution in [1.29, 1.82) is 0 Å². The second kappa shape index (κ2) is 5.76. The number of rotatable bonds is 2. The van der Waals surface area contributed by atoms with Crippen LogP contribution in [0.4, 0.5) is 0 Å². The smallest absolute Gasteiger partial charge is 0.272 e. The minimum absolute atomic E-state index is 0.0675. The molecule has 0 saturated carbocycles. The fourth-order valence-corrected chi connectivity index (χ4v) is 4.36. The predicted octanol–water partition coefficient (Wildman–Crippen LogP) is 2.88. The molecule has 0 spiro atoms. The average molecular weight is 328 g/mol. The Morgan fingerprint density at radius 3 is 2.75 bits per heavy atom. The molecular weight excluding hydrogens is 304 g/mol. The van der Waals surface area contributed by atoms with Gasteiger partial charge in [-0.25, -0.2) is 0 Å². The van der Waals surface area contributed by atoms with E-state index in [0.29, 0.717) is 0 Å². The summed E-state index contributed by atoms with van der Waals surface area (Å²) in [4.78, 5) is 15.3.